The maximum atomic E-state index is 12.3. The van der Waals surface area contributed by atoms with Crippen LogP contribution in [-0.2, 0) is 4.79 Å². The van der Waals surface area contributed by atoms with Gasteiger partial charge in [0.15, 0.2) is 0 Å². The molecule has 4 unspecified atom stereocenters. The molecular weight excluding hydrogens is 224 g/mol. The zero-order chi connectivity index (χ0) is 13.1. The van der Waals surface area contributed by atoms with Crippen molar-refractivity contribution in [3.63, 3.8) is 0 Å². The van der Waals surface area contributed by atoms with Crippen molar-refractivity contribution in [2.45, 2.75) is 65.0 Å². The van der Waals surface area contributed by atoms with Crippen LogP contribution in [-0.4, -0.2) is 36.0 Å². The molecule has 1 N–H and O–H groups in total. The van der Waals surface area contributed by atoms with E-state index in [1.165, 1.54) is 32.1 Å². The normalized spacial score (nSPS) is 33.9. The third kappa shape index (κ3) is 2.87. The Balaban J connectivity index is 1.83. The molecule has 104 valence electrons. The van der Waals surface area contributed by atoms with E-state index in [9.17, 15) is 4.79 Å². The largest absolute Gasteiger partial charge is 0.341 e. The van der Waals surface area contributed by atoms with E-state index in [0.717, 1.165) is 19.0 Å². The molecule has 2 rings (SSSR count). The Kier molecular flexibility index (Phi) is 4.66. The second-order valence-corrected chi connectivity index (χ2v) is 6.13. The van der Waals surface area contributed by atoms with Crippen molar-refractivity contribution in [1.29, 1.82) is 0 Å². The molecule has 0 aromatic carbocycles. The highest BCUT2D eigenvalue weighted by Gasteiger charge is 2.34. The van der Waals surface area contributed by atoms with E-state index in [4.69, 9.17) is 0 Å². The molecule has 0 aromatic rings. The van der Waals surface area contributed by atoms with Crippen LogP contribution in [0.1, 0.15) is 52.9 Å². The Hall–Kier alpha value is -0.570. The van der Waals surface area contributed by atoms with Crippen LogP contribution in [0.2, 0.25) is 0 Å². The summed E-state index contributed by atoms with van der Waals surface area (Å²) in [7, 11) is 0. The second kappa shape index (κ2) is 6.05. The lowest BCUT2D eigenvalue weighted by Crippen LogP contribution is -2.48. The first kappa shape index (κ1) is 13.9. The minimum atomic E-state index is -0.00819. The Labute approximate surface area is 111 Å². The van der Waals surface area contributed by atoms with Gasteiger partial charge in [-0.15, -0.1) is 0 Å². The lowest BCUT2D eigenvalue weighted by molar-refractivity contribution is -0.132. The van der Waals surface area contributed by atoms with Crippen molar-refractivity contribution in [3.05, 3.63) is 0 Å². The van der Waals surface area contributed by atoms with Gasteiger partial charge in [-0.25, -0.2) is 0 Å². The summed E-state index contributed by atoms with van der Waals surface area (Å²) in [5.74, 6) is 1.86. The molecule has 1 saturated heterocycles. The highest BCUT2D eigenvalue weighted by Crippen LogP contribution is 2.34. The molecule has 1 aliphatic heterocycles. The number of amides is 1. The molecule has 3 nitrogen and oxygen atoms in total. The maximum Gasteiger partial charge on any atom is 0.239 e. The molecule has 18 heavy (non-hydrogen) atoms. The number of likely N-dealkylation sites (tertiary alicyclic amines) is 1. The van der Waals surface area contributed by atoms with E-state index in [2.05, 4.69) is 19.2 Å². The van der Waals surface area contributed by atoms with Gasteiger partial charge >= 0.3 is 0 Å². The van der Waals surface area contributed by atoms with E-state index < -0.39 is 0 Å². The quantitative estimate of drug-likeness (QED) is 0.833. The zero-order valence-corrected chi connectivity index (χ0v) is 12.1. The smallest absolute Gasteiger partial charge is 0.239 e. The summed E-state index contributed by atoms with van der Waals surface area (Å²) in [5.41, 5.74) is 0. The van der Waals surface area contributed by atoms with Crippen LogP contribution < -0.4 is 5.32 Å². The van der Waals surface area contributed by atoms with E-state index >= 15 is 0 Å². The molecule has 2 fully saturated rings. The van der Waals surface area contributed by atoms with Crippen molar-refractivity contribution in [2.75, 3.05) is 13.1 Å². The molecule has 0 aromatic heterocycles. The average Bonchev–Trinajstić information content (AvgIpc) is 2.99. The van der Waals surface area contributed by atoms with Crippen LogP contribution >= 0.6 is 0 Å². The molecular formula is C15H28N2O. The summed E-state index contributed by atoms with van der Waals surface area (Å²) >= 11 is 0. The van der Waals surface area contributed by atoms with Gasteiger partial charge < -0.3 is 10.2 Å². The van der Waals surface area contributed by atoms with Crippen molar-refractivity contribution >= 4 is 5.91 Å². The van der Waals surface area contributed by atoms with Gasteiger partial charge in [0, 0.05) is 19.1 Å². The number of hydrogen-bond donors (Lipinski definition) is 1. The molecule has 2 aliphatic rings. The molecule has 4 atom stereocenters. The lowest BCUT2D eigenvalue weighted by atomic mass is 9.93. The fourth-order valence-corrected chi connectivity index (χ4v) is 3.66. The van der Waals surface area contributed by atoms with E-state index in [-0.39, 0.29) is 6.04 Å². The number of rotatable bonds is 4. The van der Waals surface area contributed by atoms with Crippen LogP contribution in [0, 0.1) is 11.8 Å². The molecule has 1 heterocycles. The summed E-state index contributed by atoms with van der Waals surface area (Å²) in [4.78, 5) is 14.3. The number of carbonyl (C=O) groups is 1. The topological polar surface area (TPSA) is 32.3 Å². The van der Waals surface area contributed by atoms with Gasteiger partial charge in [0.25, 0.3) is 0 Å². The molecule has 1 amide bonds. The zero-order valence-electron chi connectivity index (χ0n) is 12.1. The predicted octanol–water partition coefficient (Wildman–Crippen LogP) is 2.41. The summed E-state index contributed by atoms with van der Waals surface area (Å²) < 4.78 is 0. The van der Waals surface area contributed by atoms with Gasteiger partial charge in [0.1, 0.15) is 0 Å². The SMILES string of the molecule is CCC1CCC(NC(C)C(=O)N2CCCC2)C1C. The van der Waals surface area contributed by atoms with E-state index in [0.29, 0.717) is 17.9 Å². The molecule has 1 aliphatic carbocycles. The highest BCUT2D eigenvalue weighted by atomic mass is 16.2. The number of carbonyl (C=O) groups excluding carboxylic acids is 1. The summed E-state index contributed by atoms with van der Waals surface area (Å²) in [6, 6.07) is 0.530. The van der Waals surface area contributed by atoms with Crippen LogP contribution in [0.25, 0.3) is 0 Å². The summed E-state index contributed by atoms with van der Waals surface area (Å²) in [6.45, 7) is 8.58. The van der Waals surface area contributed by atoms with Crippen molar-refractivity contribution in [3.8, 4) is 0 Å². The van der Waals surface area contributed by atoms with Gasteiger partial charge in [0.05, 0.1) is 6.04 Å². The minimum absolute atomic E-state index is 0.00819. The lowest BCUT2D eigenvalue weighted by Gasteiger charge is -2.27. The van der Waals surface area contributed by atoms with Crippen molar-refractivity contribution in [2.24, 2.45) is 11.8 Å². The second-order valence-electron chi connectivity index (χ2n) is 6.13. The van der Waals surface area contributed by atoms with Gasteiger partial charge in [-0.3, -0.25) is 4.79 Å². The standard InChI is InChI=1S/C15H28N2O/c1-4-13-7-8-14(11(13)2)16-12(3)15(18)17-9-5-6-10-17/h11-14,16H,4-10H2,1-3H3. The first-order valence-electron chi connectivity index (χ1n) is 7.68. The first-order chi connectivity index (χ1) is 8.63. The fourth-order valence-electron chi connectivity index (χ4n) is 3.66. The Morgan fingerprint density at radius 2 is 2.00 bits per heavy atom. The Bertz CT molecular complexity index is 286. The van der Waals surface area contributed by atoms with Crippen molar-refractivity contribution < 1.29 is 4.79 Å². The number of nitrogens with one attached hydrogen (secondary N) is 1. The molecule has 3 heteroatoms. The molecule has 0 radical (unpaired) electrons. The monoisotopic (exact) mass is 252 g/mol. The Morgan fingerprint density at radius 1 is 1.33 bits per heavy atom. The number of nitrogens with zero attached hydrogens (tertiary/aromatic N) is 1. The summed E-state index contributed by atoms with van der Waals surface area (Å²) in [6.07, 6.45) is 6.18. The van der Waals surface area contributed by atoms with Crippen molar-refractivity contribution in [1.82, 2.24) is 10.2 Å². The van der Waals surface area contributed by atoms with Gasteiger partial charge in [0.2, 0.25) is 5.91 Å². The van der Waals surface area contributed by atoms with Gasteiger partial charge in [-0.1, -0.05) is 20.3 Å². The fraction of sp³-hybridized carbons (Fsp3) is 0.933. The maximum absolute atomic E-state index is 12.3. The minimum Gasteiger partial charge on any atom is -0.341 e. The van der Waals surface area contributed by atoms with E-state index in [1.54, 1.807) is 0 Å². The highest BCUT2D eigenvalue weighted by molar-refractivity contribution is 5.81. The van der Waals surface area contributed by atoms with Crippen LogP contribution in [0.4, 0.5) is 0 Å². The first-order valence-corrected chi connectivity index (χ1v) is 7.68. The third-order valence-electron chi connectivity index (χ3n) is 5.00. The van der Waals surface area contributed by atoms with Crippen LogP contribution in [0.3, 0.4) is 0 Å². The van der Waals surface area contributed by atoms with Crippen LogP contribution in [0.15, 0.2) is 0 Å². The molecule has 0 bridgehead atoms. The van der Waals surface area contributed by atoms with Gasteiger partial charge in [-0.05, 0) is 44.4 Å². The summed E-state index contributed by atoms with van der Waals surface area (Å²) in [5, 5.41) is 3.58. The van der Waals surface area contributed by atoms with Gasteiger partial charge in [-0.2, -0.15) is 0 Å². The third-order valence-corrected chi connectivity index (χ3v) is 5.00. The predicted molar refractivity (Wildman–Crippen MR) is 74.4 cm³/mol. The molecule has 0 spiro atoms. The molecule has 1 saturated carbocycles. The van der Waals surface area contributed by atoms with Crippen LogP contribution in [0.5, 0.6) is 0 Å². The van der Waals surface area contributed by atoms with E-state index in [1.807, 2.05) is 11.8 Å². The Morgan fingerprint density at radius 3 is 2.56 bits per heavy atom. The number of hydrogen-bond acceptors (Lipinski definition) is 2. The average molecular weight is 252 g/mol.